The Hall–Kier alpha value is -2.11. The molecule has 0 saturated carbocycles. The van der Waals surface area contributed by atoms with Crippen molar-refractivity contribution < 1.29 is 18.7 Å². The zero-order valence-electron chi connectivity index (χ0n) is 12.0. The molecule has 2 amide bonds. The Morgan fingerprint density at radius 3 is 2.48 bits per heavy atom. The lowest BCUT2D eigenvalue weighted by Gasteiger charge is -2.32. The number of likely N-dealkylation sites (tertiary alicyclic amines) is 1. The number of halogens is 1. The quantitative estimate of drug-likeness (QED) is 0.929. The van der Waals surface area contributed by atoms with E-state index in [1.165, 1.54) is 24.3 Å². The summed E-state index contributed by atoms with van der Waals surface area (Å²) >= 11 is 0. The van der Waals surface area contributed by atoms with Crippen LogP contribution >= 0.6 is 0 Å². The van der Waals surface area contributed by atoms with Gasteiger partial charge < -0.3 is 15.0 Å². The van der Waals surface area contributed by atoms with Crippen LogP contribution in [0.15, 0.2) is 24.3 Å². The summed E-state index contributed by atoms with van der Waals surface area (Å²) in [6.45, 7) is 3.22. The molecular weight excluding hydrogens is 275 g/mol. The third kappa shape index (κ3) is 4.18. The van der Waals surface area contributed by atoms with Crippen molar-refractivity contribution in [3.8, 4) is 0 Å². The second-order valence-corrected chi connectivity index (χ2v) is 4.94. The molecule has 0 unspecified atom stereocenters. The molecule has 1 fully saturated rings. The van der Waals surface area contributed by atoms with Gasteiger partial charge in [-0.25, -0.2) is 9.18 Å². The molecule has 1 N–H and O–H groups in total. The lowest BCUT2D eigenvalue weighted by atomic mass is 10.0. The van der Waals surface area contributed by atoms with E-state index in [9.17, 15) is 14.0 Å². The molecule has 1 aliphatic heterocycles. The Morgan fingerprint density at radius 1 is 1.29 bits per heavy atom. The number of nitrogens with one attached hydrogen (secondary N) is 1. The van der Waals surface area contributed by atoms with Gasteiger partial charge >= 0.3 is 6.09 Å². The fourth-order valence-corrected chi connectivity index (χ4v) is 2.34. The molecule has 1 aromatic rings. The van der Waals surface area contributed by atoms with Crippen LogP contribution in [0.4, 0.5) is 9.18 Å². The monoisotopic (exact) mass is 294 g/mol. The van der Waals surface area contributed by atoms with Crippen LogP contribution in [0.2, 0.25) is 0 Å². The number of rotatable bonds is 3. The molecule has 0 atom stereocenters. The summed E-state index contributed by atoms with van der Waals surface area (Å²) in [6, 6.07) is 5.56. The van der Waals surface area contributed by atoms with Gasteiger partial charge in [-0.05, 0) is 44.0 Å². The fraction of sp³-hybridized carbons (Fsp3) is 0.467. The Balaban J connectivity index is 1.84. The molecule has 1 heterocycles. The van der Waals surface area contributed by atoms with Crippen LogP contribution in [0, 0.1) is 5.82 Å². The van der Waals surface area contributed by atoms with Crippen molar-refractivity contribution in [3.63, 3.8) is 0 Å². The van der Waals surface area contributed by atoms with E-state index in [4.69, 9.17) is 4.74 Å². The first-order valence-corrected chi connectivity index (χ1v) is 7.08. The summed E-state index contributed by atoms with van der Waals surface area (Å²) < 4.78 is 17.7. The molecule has 1 aliphatic rings. The summed E-state index contributed by atoms with van der Waals surface area (Å²) in [5.74, 6) is -0.464. The Labute approximate surface area is 123 Å². The molecule has 114 valence electrons. The number of carbonyl (C=O) groups excluding carboxylic acids is 2. The van der Waals surface area contributed by atoms with E-state index in [2.05, 4.69) is 5.32 Å². The highest BCUT2D eigenvalue weighted by atomic mass is 19.1. The van der Waals surface area contributed by atoms with Crippen molar-refractivity contribution in [2.75, 3.05) is 19.7 Å². The molecule has 0 aromatic heterocycles. The number of benzene rings is 1. The molecule has 0 radical (unpaired) electrons. The summed E-state index contributed by atoms with van der Waals surface area (Å²) in [7, 11) is 0. The van der Waals surface area contributed by atoms with Gasteiger partial charge in [0.05, 0.1) is 6.61 Å². The Morgan fingerprint density at radius 2 is 1.90 bits per heavy atom. The van der Waals surface area contributed by atoms with E-state index < -0.39 is 6.09 Å². The maximum atomic E-state index is 12.9. The van der Waals surface area contributed by atoms with E-state index in [1.807, 2.05) is 0 Å². The van der Waals surface area contributed by atoms with E-state index in [0.29, 0.717) is 38.1 Å². The van der Waals surface area contributed by atoms with Gasteiger partial charge in [0.2, 0.25) is 0 Å². The Kier molecular flexibility index (Phi) is 5.14. The molecule has 0 aliphatic carbocycles. The minimum absolute atomic E-state index is 0.0290. The van der Waals surface area contributed by atoms with Gasteiger partial charge in [0, 0.05) is 24.7 Å². The topological polar surface area (TPSA) is 58.6 Å². The fourth-order valence-electron chi connectivity index (χ4n) is 2.34. The van der Waals surface area contributed by atoms with Gasteiger partial charge in [-0.2, -0.15) is 0 Å². The standard InChI is InChI=1S/C15H19FN2O3/c1-2-21-15(20)17-13-7-9-18(10-8-13)14(19)11-3-5-12(16)6-4-11/h3-6,13H,2,7-10H2,1H3,(H,17,20). The summed E-state index contributed by atoms with van der Waals surface area (Å²) in [6.07, 6.45) is 0.957. The van der Waals surface area contributed by atoms with Gasteiger partial charge in [0.15, 0.2) is 0 Å². The number of carbonyl (C=O) groups is 2. The Bertz CT molecular complexity index is 496. The average molecular weight is 294 g/mol. The SMILES string of the molecule is CCOC(=O)NC1CCN(C(=O)c2ccc(F)cc2)CC1. The van der Waals surface area contributed by atoms with Crippen molar-refractivity contribution in [3.05, 3.63) is 35.6 Å². The number of nitrogens with zero attached hydrogens (tertiary/aromatic N) is 1. The third-order valence-electron chi connectivity index (χ3n) is 3.47. The second kappa shape index (κ2) is 7.06. The van der Waals surface area contributed by atoms with Crippen molar-refractivity contribution in [2.24, 2.45) is 0 Å². The molecule has 1 aromatic carbocycles. The van der Waals surface area contributed by atoms with Gasteiger partial charge in [0.25, 0.3) is 5.91 Å². The number of hydrogen-bond donors (Lipinski definition) is 1. The predicted molar refractivity (Wildman–Crippen MR) is 75.5 cm³/mol. The zero-order valence-corrected chi connectivity index (χ0v) is 12.0. The molecule has 0 spiro atoms. The molecule has 6 heteroatoms. The van der Waals surface area contributed by atoms with Crippen molar-refractivity contribution >= 4 is 12.0 Å². The lowest BCUT2D eigenvalue weighted by Crippen LogP contribution is -2.46. The van der Waals surface area contributed by atoms with Crippen LogP contribution in [0.1, 0.15) is 30.1 Å². The predicted octanol–water partition coefficient (Wildman–Crippen LogP) is 2.18. The highest BCUT2D eigenvalue weighted by Crippen LogP contribution is 2.14. The van der Waals surface area contributed by atoms with Crippen LogP contribution in [0.5, 0.6) is 0 Å². The number of piperidine rings is 1. The minimum Gasteiger partial charge on any atom is -0.450 e. The molecule has 1 saturated heterocycles. The summed E-state index contributed by atoms with van der Waals surface area (Å²) in [4.78, 5) is 25.3. The van der Waals surface area contributed by atoms with Gasteiger partial charge in [-0.15, -0.1) is 0 Å². The number of hydrogen-bond acceptors (Lipinski definition) is 3. The van der Waals surface area contributed by atoms with Crippen LogP contribution in [-0.2, 0) is 4.74 Å². The number of amides is 2. The van der Waals surface area contributed by atoms with E-state index in [-0.39, 0.29) is 17.8 Å². The van der Waals surface area contributed by atoms with Crippen LogP contribution in [0.3, 0.4) is 0 Å². The highest BCUT2D eigenvalue weighted by Gasteiger charge is 2.24. The first-order chi connectivity index (χ1) is 10.1. The second-order valence-electron chi connectivity index (χ2n) is 4.94. The van der Waals surface area contributed by atoms with E-state index in [0.717, 1.165) is 0 Å². The maximum absolute atomic E-state index is 12.9. The smallest absolute Gasteiger partial charge is 0.407 e. The minimum atomic E-state index is -0.416. The van der Waals surface area contributed by atoms with Crippen LogP contribution < -0.4 is 5.32 Å². The average Bonchev–Trinajstić information content (AvgIpc) is 2.48. The van der Waals surface area contributed by atoms with Crippen molar-refractivity contribution in [1.29, 1.82) is 0 Å². The lowest BCUT2D eigenvalue weighted by molar-refractivity contribution is 0.0702. The largest absolute Gasteiger partial charge is 0.450 e. The zero-order chi connectivity index (χ0) is 15.2. The van der Waals surface area contributed by atoms with Crippen molar-refractivity contribution in [1.82, 2.24) is 10.2 Å². The summed E-state index contributed by atoms with van der Waals surface area (Å²) in [5, 5.41) is 2.78. The number of alkyl carbamates (subject to hydrolysis) is 1. The van der Waals surface area contributed by atoms with Gasteiger partial charge in [0.1, 0.15) is 5.82 Å². The van der Waals surface area contributed by atoms with Gasteiger partial charge in [-0.1, -0.05) is 0 Å². The van der Waals surface area contributed by atoms with Crippen LogP contribution in [0.25, 0.3) is 0 Å². The van der Waals surface area contributed by atoms with Crippen molar-refractivity contribution in [2.45, 2.75) is 25.8 Å². The number of ether oxygens (including phenoxy) is 1. The molecular formula is C15H19FN2O3. The molecule has 21 heavy (non-hydrogen) atoms. The maximum Gasteiger partial charge on any atom is 0.407 e. The van der Waals surface area contributed by atoms with Crippen LogP contribution in [-0.4, -0.2) is 42.6 Å². The summed E-state index contributed by atoms with van der Waals surface area (Å²) in [5.41, 5.74) is 0.480. The molecule has 0 bridgehead atoms. The first kappa shape index (κ1) is 15.3. The highest BCUT2D eigenvalue weighted by molar-refractivity contribution is 5.94. The van der Waals surface area contributed by atoms with Gasteiger partial charge in [-0.3, -0.25) is 4.79 Å². The normalized spacial score (nSPS) is 15.6. The first-order valence-electron chi connectivity index (χ1n) is 7.08. The van der Waals surface area contributed by atoms with E-state index in [1.54, 1.807) is 11.8 Å². The molecule has 5 nitrogen and oxygen atoms in total. The van der Waals surface area contributed by atoms with E-state index >= 15 is 0 Å². The molecule has 2 rings (SSSR count). The third-order valence-corrected chi connectivity index (χ3v) is 3.47.